The Balaban J connectivity index is 2.23. The van der Waals surface area contributed by atoms with E-state index in [2.05, 4.69) is 9.97 Å². The number of hydrogen-bond donors (Lipinski definition) is 2. The average molecular weight is 308 g/mol. The van der Waals surface area contributed by atoms with Gasteiger partial charge in [-0.15, -0.1) is 0 Å². The van der Waals surface area contributed by atoms with E-state index in [4.69, 9.17) is 16.7 Å². The highest BCUT2D eigenvalue weighted by Gasteiger charge is 2.16. The molecule has 2 aromatic carbocycles. The molecule has 0 aliphatic carbocycles. The lowest BCUT2D eigenvalue weighted by Crippen LogP contribution is -2.12. The first kappa shape index (κ1) is 13.1. The van der Waals surface area contributed by atoms with Crippen LogP contribution >= 0.6 is 11.6 Å². The van der Waals surface area contributed by atoms with E-state index >= 15 is 0 Å². The minimum absolute atomic E-state index is 0.0612. The Morgan fingerprint density at radius 1 is 1.15 bits per heavy atom. The third-order valence-electron chi connectivity index (χ3n) is 2.89. The highest BCUT2D eigenvalue weighted by atomic mass is 35.5. The van der Waals surface area contributed by atoms with Gasteiger partial charge in [-0.1, -0.05) is 41.9 Å². The van der Waals surface area contributed by atoms with Crippen molar-refractivity contribution >= 4 is 32.7 Å². The van der Waals surface area contributed by atoms with Crippen LogP contribution in [0.2, 0.25) is 5.02 Å². The Morgan fingerprint density at radius 2 is 1.85 bits per heavy atom. The summed E-state index contributed by atoms with van der Waals surface area (Å²) >= 11 is 5.93. The van der Waals surface area contributed by atoms with Crippen LogP contribution in [-0.2, 0) is 10.0 Å². The first-order valence-corrected chi connectivity index (χ1v) is 7.65. The number of H-pyrrole nitrogens is 1. The predicted octanol–water partition coefficient (Wildman–Crippen LogP) is 2.53. The molecule has 0 fully saturated rings. The maximum Gasteiger partial charge on any atom is 0.239 e. The van der Waals surface area contributed by atoms with E-state index in [1.807, 2.05) is 30.3 Å². The van der Waals surface area contributed by atoms with Crippen molar-refractivity contribution in [1.29, 1.82) is 0 Å². The van der Waals surface area contributed by atoms with Crippen molar-refractivity contribution in [1.82, 2.24) is 9.97 Å². The van der Waals surface area contributed by atoms with E-state index in [0.717, 1.165) is 5.56 Å². The molecule has 0 saturated carbocycles. The number of aromatic amines is 1. The summed E-state index contributed by atoms with van der Waals surface area (Å²) in [6.45, 7) is 0. The monoisotopic (exact) mass is 307 g/mol. The number of nitrogens with two attached hydrogens (primary N) is 1. The molecular weight excluding hydrogens is 298 g/mol. The van der Waals surface area contributed by atoms with Gasteiger partial charge in [-0.2, -0.15) is 0 Å². The zero-order valence-corrected chi connectivity index (χ0v) is 11.7. The molecule has 7 heteroatoms. The number of aromatic nitrogens is 2. The second-order valence-electron chi connectivity index (χ2n) is 4.30. The number of nitrogens with zero attached hydrogens (tertiary/aromatic N) is 1. The van der Waals surface area contributed by atoms with Gasteiger partial charge in [0.05, 0.1) is 16.1 Å². The molecule has 3 rings (SSSR count). The van der Waals surface area contributed by atoms with Gasteiger partial charge in [0.2, 0.25) is 10.0 Å². The Bertz CT molecular complexity index is 889. The quantitative estimate of drug-likeness (QED) is 0.762. The van der Waals surface area contributed by atoms with Crippen LogP contribution < -0.4 is 5.14 Å². The zero-order chi connectivity index (χ0) is 14.3. The van der Waals surface area contributed by atoms with Crippen molar-refractivity contribution in [3.05, 3.63) is 47.5 Å². The fourth-order valence-electron chi connectivity index (χ4n) is 1.96. The van der Waals surface area contributed by atoms with Crippen LogP contribution in [0.25, 0.3) is 22.4 Å². The summed E-state index contributed by atoms with van der Waals surface area (Å²) in [5, 5.41) is 5.18. The predicted molar refractivity (Wildman–Crippen MR) is 77.9 cm³/mol. The van der Waals surface area contributed by atoms with Gasteiger partial charge < -0.3 is 4.98 Å². The number of primary sulfonamides is 1. The minimum atomic E-state index is -3.86. The van der Waals surface area contributed by atoms with E-state index in [-0.39, 0.29) is 9.92 Å². The summed E-state index contributed by atoms with van der Waals surface area (Å²) in [7, 11) is -3.86. The van der Waals surface area contributed by atoms with Gasteiger partial charge in [0.25, 0.3) is 0 Å². The number of imidazole rings is 1. The fourth-order valence-corrected chi connectivity index (χ4v) is 3.06. The lowest BCUT2D eigenvalue weighted by molar-refractivity contribution is 0.598. The number of halogens is 1. The molecule has 5 nitrogen and oxygen atoms in total. The number of rotatable bonds is 2. The summed E-state index contributed by atoms with van der Waals surface area (Å²) in [4.78, 5) is 7.34. The van der Waals surface area contributed by atoms with E-state index in [1.165, 1.54) is 12.1 Å². The van der Waals surface area contributed by atoms with Crippen LogP contribution in [0.4, 0.5) is 0 Å². The molecule has 1 heterocycles. The van der Waals surface area contributed by atoms with Crippen molar-refractivity contribution in [3.8, 4) is 11.4 Å². The minimum Gasteiger partial charge on any atom is -0.338 e. The van der Waals surface area contributed by atoms with Crippen LogP contribution in [0.1, 0.15) is 0 Å². The molecule has 0 unspecified atom stereocenters. The normalized spacial score (nSPS) is 11.9. The first-order chi connectivity index (χ1) is 9.45. The van der Waals surface area contributed by atoms with Gasteiger partial charge in [0, 0.05) is 5.56 Å². The van der Waals surface area contributed by atoms with Crippen LogP contribution in [0.15, 0.2) is 47.4 Å². The van der Waals surface area contributed by atoms with Crippen LogP contribution in [0.3, 0.4) is 0 Å². The molecule has 1 aromatic heterocycles. The maximum absolute atomic E-state index is 11.4. The number of fused-ring (bicyclic) bond motifs is 1. The summed E-state index contributed by atoms with van der Waals surface area (Å²) in [5.74, 6) is 0.642. The van der Waals surface area contributed by atoms with Crippen LogP contribution in [-0.4, -0.2) is 18.4 Å². The van der Waals surface area contributed by atoms with Gasteiger partial charge >= 0.3 is 0 Å². The van der Waals surface area contributed by atoms with Crippen molar-refractivity contribution in [2.24, 2.45) is 5.14 Å². The molecule has 102 valence electrons. The van der Waals surface area contributed by atoms with Crippen molar-refractivity contribution < 1.29 is 8.42 Å². The lowest BCUT2D eigenvalue weighted by atomic mass is 10.2. The van der Waals surface area contributed by atoms with Gasteiger partial charge in [-0.3, -0.25) is 0 Å². The molecule has 20 heavy (non-hydrogen) atoms. The summed E-state index contributed by atoms with van der Waals surface area (Å²) < 4.78 is 22.9. The van der Waals surface area contributed by atoms with Crippen LogP contribution in [0.5, 0.6) is 0 Å². The Kier molecular flexibility index (Phi) is 3.01. The topological polar surface area (TPSA) is 88.8 Å². The van der Waals surface area contributed by atoms with E-state index in [9.17, 15) is 8.42 Å². The third-order valence-corrected chi connectivity index (χ3v) is 4.26. The number of sulfonamides is 1. The smallest absolute Gasteiger partial charge is 0.239 e. The molecule has 0 aliphatic heterocycles. The Labute approximate surface area is 120 Å². The van der Waals surface area contributed by atoms with Crippen LogP contribution in [0, 0.1) is 0 Å². The molecule has 3 N–H and O–H groups in total. The van der Waals surface area contributed by atoms with Gasteiger partial charge in [0.15, 0.2) is 0 Å². The Morgan fingerprint density at radius 3 is 2.50 bits per heavy atom. The van der Waals surface area contributed by atoms with E-state index in [1.54, 1.807) is 0 Å². The standard InChI is InChI=1S/C13H10ClN3O2S/c14-9-6-10-11(7-12(9)20(15,18)19)17-13(16-10)8-4-2-1-3-5-8/h1-7H,(H,16,17)(H2,15,18,19). The summed E-state index contributed by atoms with van der Waals surface area (Å²) in [6, 6.07) is 12.4. The molecule has 0 saturated heterocycles. The fraction of sp³-hybridized carbons (Fsp3) is 0. The van der Waals surface area contributed by atoms with Gasteiger partial charge in [0.1, 0.15) is 10.7 Å². The lowest BCUT2D eigenvalue weighted by Gasteiger charge is -2.00. The molecule has 0 aliphatic rings. The summed E-state index contributed by atoms with van der Waals surface area (Å²) in [6.07, 6.45) is 0. The Hall–Kier alpha value is -1.89. The van der Waals surface area contributed by atoms with Crippen molar-refractivity contribution in [3.63, 3.8) is 0 Å². The molecular formula is C13H10ClN3O2S. The number of hydrogen-bond acceptors (Lipinski definition) is 3. The first-order valence-electron chi connectivity index (χ1n) is 5.72. The van der Waals surface area contributed by atoms with E-state index in [0.29, 0.717) is 16.9 Å². The second kappa shape index (κ2) is 4.59. The zero-order valence-electron chi connectivity index (χ0n) is 10.2. The van der Waals surface area contributed by atoms with Crippen molar-refractivity contribution in [2.45, 2.75) is 4.90 Å². The largest absolute Gasteiger partial charge is 0.338 e. The maximum atomic E-state index is 11.4. The number of benzene rings is 2. The SMILES string of the molecule is NS(=O)(=O)c1cc2[nH]c(-c3ccccc3)nc2cc1Cl. The third kappa shape index (κ3) is 2.29. The second-order valence-corrected chi connectivity index (χ2v) is 6.23. The van der Waals surface area contributed by atoms with Gasteiger partial charge in [-0.05, 0) is 12.1 Å². The summed E-state index contributed by atoms with van der Waals surface area (Å²) in [5.41, 5.74) is 2.05. The molecule has 0 amide bonds. The molecule has 0 atom stereocenters. The molecule has 0 bridgehead atoms. The highest BCUT2D eigenvalue weighted by Crippen LogP contribution is 2.27. The number of nitrogens with one attached hydrogen (secondary N) is 1. The molecule has 0 radical (unpaired) electrons. The molecule has 3 aromatic rings. The molecule has 0 spiro atoms. The highest BCUT2D eigenvalue weighted by molar-refractivity contribution is 7.89. The van der Waals surface area contributed by atoms with Gasteiger partial charge in [-0.25, -0.2) is 18.5 Å². The van der Waals surface area contributed by atoms with E-state index < -0.39 is 10.0 Å². The van der Waals surface area contributed by atoms with Crippen molar-refractivity contribution in [2.75, 3.05) is 0 Å². The average Bonchev–Trinajstić information content (AvgIpc) is 2.80.